The van der Waals surface area contributed by atoms with E-state index in [4.69, 9.17) is 11.6 Å². The summed E-state index contributed by atoms with van der Waals surface area (Å²) in [4.78, 5) is 20.2. The van der Waals surface area contributed by atoms with Crippen LogP contribution in [-0.2, 0) is 0 Å². The van der Waals surface area contributed by atoms with Crippen LogP contribution in [0.1, 0.15) is 16.1 Å². The summed E-state index contributed by atoms with van der Waals surface area (Å²) in [5.74, 6) is -1.90. The van der Waals surface area contributed by atoms with E-state index in [2.05, 4.69) is 20.6 Å². The van der Waals surface area contributed by atoms with Gasteiger partial charge >= 0.3 is 0 Å². The molecule has 0 fully saturated rings. The number of halogens is 3. The molecule has 2 N–H and O–H groups in total. The predicted molar refractivity (Wildman–Crippen MR) is 95.8 cm³/mol. The number of hydrogen-bond acceptors (Lipinski definition) is 4. The first-order chi connectivity index (χ1) is 12.4. The lowest BCUT2D eigenvalue weighted by Crippen LogP contribution is -2.15. The summed E-state index contributed by atoms with van der Waals surface area (Å²) in [6.45, 7) is 1.83. The minimum absolute atomic E-state index is 0.0453. The number of rotatable bonds is 4. The zero-order valence-corrected chi connectivity index (χ0v) is 14.3. The molecule has 0 aliphatic rings. The van der Waals surface area contributed by atoms with Crippen molar-refractivity contribution < 1.29 is 13.6 Å². The van der Waals surface area contributed by atoms with Gasteiger partial charge in [0, 0.05) is 10.7 Å². The second-order valence-corrected chi connectivity index (χ2v) is 5.86. The van der Waals surface area contributed by atoms with E-state index in [9.17, 15) is 13.6 Å². The number of para-hydroxylation sites is 1. The molecule has 5 nitrogen and oxygen atoms in total. The average molecular weight is 375 g/mol. The molecule has 3 rings (SSSR count). The van der Waals surface area contributed by atoms with Crippen molar-refractivity contribution in [3.05, 3.63) is 76.7 Å². The summed E-state index contributed by atoms with van der Waals surface area (Å²) in [5.41, 5.74) is 1.10. The fraction of sp³-hybridized carbons (Fsp3) is 0.0556. The minimum atomic E-state index is -0.759. The molecule has 8 heteroatoms. The SMILES string of the molecule is Cc1ccc(Cl)cc1NC(=O)c1cnc(Nc2c(F)cccc2F)cn1. The molecule has 3 aromatic rings. The van der Waals surface area contributed by atoms with Crippen LogP contribution in [0.3, 0.4) is 0 Å². The van der Waals surface area contributed by atoms with Crippen LogP contribution < -0.4 is 10.6 Å². The van der Waals surface area contributed by atoms with Crippen molar-refractivity contribution in [3.63, 3.8) is 0 Å². The number of aryl methyl sites for hydroxylation is 1. The molecule has 1 aromatic heterocycles. The highest BCUT2D eigenvalue weighted by Gasteiger charge is 2.12. The van der Waals surface area contributed by atoms with Crippen LogP contribution in [0.4, 0.5) is 26.0 Å². The van der Waals surface area contributed by atoms with Gasteiger partial charge in [-0.25, -0.2) is 18.7 Å². The van der Waals surface area contributed by atoms with Gasteiger partial charge in [0.25, 0.3) is 5.91 Å². The molecule has 0 spiro atoms. The lowest BCUT2D eigenvalue weighted by molar-refractivity contribution is 0.102. The molecule has 0 saturated heterocycles. The van der Waals surface area contributed by atoms with Crippen molar-refractivity contribution in [2.24, 2.45) is 0 Å². The van der Waals surface area contributed by atoms with Gasteiger partial charge in [-0.15, -0.1) is 0 Å². The first-order valence-electron chi connectivity index (χ1n) is 7.54. The molecule has 1 heterocycles. The van der Waals surface area contributed by atoms with E-state index in [1.165, 1.54) is 18.5 Å². The normalized spacial score (nSPS) is 10.5. The molecule has 0 unspecified atom stereocenters. The van der Waals surface area contributed by atoms with Gasteiger partial charge in [0.1, 0.15) is 28.8 Å². The Labute approximate surface area is 153 Å². The molecule has 0 aliphatic heterocycles. The number of nitrogens with one attached hydrogen (secondary N) is 2. The van der Waals surface area contributed by atoms with Gasteiger partial charge in [0.05, 0.1) is 12.4 Å². The fourth-order valence-corrected chi connectivity index (χ4v) is 2.34. The van der Waals surface area contributed by atoms with Crippen LogP contribution in [0.5, 0.6) is 0 Å². The summed E-state index contributed by atoms with van der Waals surface area (Å²) in [6.07, 6.45) is 2.42. The first-order valence-corrected chi connectivity index (χ1v) is 7.92. The van der Waals surface area contributed by atoms with Crippen molar-refractivity contribution in [3.8, 4) is 0 Å². The Morgan fingerprint density at radius 3 is 2.46 bits per heavy atom. The van der Waals surface area contributed by atoms with Crippen LogP contribution in [-0.4, -0.2) is 15.9 Å². The van der Waals surface area contributed by atoms with E-state index < -0.39 is 17.5 Å². The lowest BCUT2D eigenvalue weighted by Gasteiger charge is -2.10. The molecule has 0 bridgehead atoms. The largest absolute Gasteiger partial charge is 0.334 e. The summed E-state index contributed by atoms with van der Waals surface area (Å²) in [6, 6.07) is 8.61. The Kier molecular flexibility index (Phi) is 5.09. The second-order valence-electron chi connectivity index (χ2n) is 5.42. The van der Waals surface area contributed by atoms with Gasteiger partial charge < -0.3 is 10.6 Å². The molecule has 2 aromatic carbocycles. The molecule has 0 atom stereocenters. The van der Waals surface area contributed by atoms with Crippen LogP contribution in [0, 0.1) is 18.6 Å². The Balaban J connectivity index is 1.75. The molecular weight excluding hydrogens is 362 g/mol. The summed E-state index contributed by atoms with van der Waals surface area (Å²) < 4.78 is 27.3. The third kappa shape index (κ3) is 3.94. The second kappa shape index (κ2) is 7.45. The molecule has 26 heavy (non-hydrogen) atoms. The maximum absolute atomic E-state index is 13.6. The van der Waals surface area contributed by atoms with Crippen molar-refractivity contribution in [1.29, 1.82) is 0 Å². The third-order valence-electron chi connectivity index (χ3n) is 3.55. The van der Waals surface area contributed by atoms with Crippen LogP contribution in [0.25, 0.3) is 0 Å². The topological polar surface area (TPSA) is 66.9 Å². The van der Waals surface area contributed by atoms with Gasteiger partial charge in [0.2, 0.25) is 0 Å². The molecular formula is C18H13ClF2N4O. The number of amides is 1. The number of aromatic nitrogens is 2. The fourth-order valence-electron chi connectivity index (χ4n) is 2.17. The van der Waals surface area contributed by atoms with E-state index in [1.807, 2.05) is 6.92 Å². The number of nitrogens with zero attached hydrogens (tertiary/aromatic N) is 2. The van der Waals surface area contributed by atoms with Crippen molar-refractivity contribution in [2.45, 2.75) is 6.92 Å². The molecule has 0 radical (unpaired) electrons. The maximum Gasteiger partial charge on any atom is 0.275 e. The first kappa shape index (κ1) is 17.8. The molecule has 0 aliphatic carbocycles. The molecule has 1 amide bonds. The summed E-state index contributed by atoms with van der Waals surface area (Å²) >= 11 is 5.92. The number of hydrogen-bond donors (Lipinski definition) is 2. The van der Waals surface area contributed by atoms with E-state index in [1.54, 1.807) is 18.2 Å². The maximum atomic E-state index is 13.6. The quantitative estimate of drug-likeness (QED) is 0.694. The predicted octanol–water partition coefficient (Wildman–Crippen LogP) is 4.71. The number of carbonyl (C=O) groups excluding carboxylic acids is 1. The van der Waals surface area contributed by atoms with E-state index in [0.717, 1.165) is 17.7 Å². The number of benzene rings is 2. The minimum Gasteiger partial charge on any atom is -0.334 e. The van der Waals surface area contributed by atoms with Gasteiger partial charge in [0.15, 0.2) is 0 Å². The van der Waals surface area contributed by atoms with E-state index in [-0.39, 0.29) is 17.2 Å². The highest BCUT2D eigenvalue weighted by atomic mass is 35.5. The molecule has 0 saturated carbocycles. The number of carbonyl (C=O) groups is 1. The van der Waals surface area contributed by atoms with Gasteiger partial charge in [-0.1, -0.05) is 23.7 Å². The number of anilines is 3. The lowest BCUT2D eigenvalue weighted by atomic mass is 10.2. The van der Waals surface area contributed by atoms with Crippen molar-refractivity contribution in [2.75, 3.05) is 10.6 Å². The van der Waals surface area contributed by atoms with E-state index in [0.29, 0.717) is 10.7 Å². The monoisotopic (exact) mass is 374 g/mol. The van der Waals surface area contributed by atoms with Crippen LogP contribution >= 0.6 is 11.6 Å². The highest BCUT2D eigenvalue weighted by molar-refractivity contribution is 6.31. The third-order valence-corrected chi connectivity index (χ3v) is 3.78. The Bertz CT molecular complexity index is 944. The van der Waals surface area contributed by atoms with E-state index >= 15 is 0 Å². The zero-order chi connectivity index (χ0) is 18.7. The van der Waals surface area contributed by atoms with Crippen LogP contribution in [0.2, 0.25) is 5.02 Å². The average Bonchev–Trinajstić information content (AvgIpc) is 2.62. The Morgan fingerprint density at radius 2 is 1.81 bits per heavy atom. The highest BCUT2D eigenvalue weighted by Crippen LogP contribution is 2.22. The van der Waals surface area contributed by atoms with Crippen molar-refractivity contribution in [1.82, 2.24) is 9.97 Å². The zero-order valence-electron chi connectivity index (χ0n) is 13.6. The summed E-state index contributed by atoms with van der Waals surface area (Å²) in [5, 5.41) is 5.68. The van der Waals surface area contributed by atoms with Gasteiger partial charge in [-0.3, -0.25) is 4.79 Å². The Hall–Kier alpha value is -3.06. The van der Waals surface area contributed by atoms with Crippen LogP contribution in [0.15, 0.2) is 48.8 Å². The Morgan fingerprint density at radius 1 is 1.08 bits per heavy atom. The summed E-state index contributed by atoms with van der Waals surface area (Å²) in [7, 11) is 0. The van der Waals surface area contributed by atoms with Gasteiger partial charge in [-0.05, 0) is 36.8 Å². The smallest absolute Gasteiger partial charge is 0.275 e. The standard InChI is InChI=1S/C18H13ClF2N4O/c1-10-5-6-11(19)7-14(10)24-18(26)15-8-23-16(9-22-15)25-17-12(20)3-2-4-13(17)21/h2-9H,1H3,(H,23,25)(H,24,26). The van der Waals surface area contributed by atoms with Gasteiger partial charge in [-0.2, -0.15) is 0 Å². The molecule has 132 valence electrons. The van der Waals surface area contributed by atoms with Crippen molar-refractivity contribution >= 4 is 34.7 Å².